The van der Waals surface area contributed by atoms with E-state index >= 15 is 0 Å². The van der Waals surface area contributed by atoms with Crippen LogP contribution in [0.25, 0.3) is 0 Å². The van der Waals surface area contributed by atoms with Crippen LogP contribution in [-0.4, -0.2) is 42.8 Å². The highest BCUT2D eigenvalue weighted by Crippen LogP contribution is 2.23. The highest BCUT2D eigenvalue weighted by atomic mass is 19.4. The smallest absolute Gasteiger partial charge is 0.406 e. The van der Waals surface area contributed by atoms with Gasteiger partial charge in [0.1, 0.15) is 5.75 Å². The van der Waals surface area contributed by atoms with E-state index in [4.69, 9.17) is 5.73 Å². The maximum atomic E-state index is 12.0. The fourth-order valence-corrected chi connectivity index (χ4v) is 2.25. The Balaban J connectivity index is 1.81. The molecule has 1 aliphatic rings. The van der Waals surface area contributed by atoms with Crippen molar-refractivity contribution >= 4 is 11.6 Å². The first-order valence-corrected chi connectivity index (χ1v) is 6.95. The zero-order valence-electron chi connectivity index (χ0n) is 11.9. The molecule has 122 valence electrons. The third-order valence-corrected chi connectivity index (χ3v) is 3.37. The van der Waals surface area contributed by atoms with Crippen molar-refractivity contribution in [2.24, 2.45) is 5.73 Å². The van der Waals surface area contributed by atoms with Crippen molar-refractivity contribution in [2.45, 2.75) is 25.2 Å². The summed E-state index contributed by atoms with van der Waals surface area (Å²) < 4.78 is 39.9. The van der Waals surface area contributed by atoms with Gasteiger partial charge in [-0.3, -0.25) is 9.69 Å². The van der Waals surface area contributed by atoms with E-state index in [1.54, 1.807) is 0 Å². The number of nitrogens with zero attached hydrogens (tertiary/aromatic N) is 1. The minimum Gasteiger partial charge on any atom is -0.406 e. The number of anilines is 1. The number of halogens is 3. The van der Waals surface area contributed by atoms with Crippen molar-refractivity contribution in [3.05, 3.63) is 24.3 Å². The second-order valence-corrected chi connectivity index (χ2v) is 5.23. The van der Waals surface area contributed by atoms with Crippen molar-refractivity contribution in [1.82, 2.24) is 4.90 Å². The summed E-state index contributed by atoms with van der Waals surface area (Å²) in [6, 6.07) is 5.24. The number of ether oxygens (including phenoxy) is 1. The molecule has 8 heteroatoms. The summed E-state index contributed by atoms with van der Waals surface area (Å²) >= 11 is 0. The molecule has 0 aliphatic carbocycles. The van der Waals surface area contributed by atoms with E-state index in [0.717, 1.165) is 38.1 Å². The molecule has 1 heterocycles. The van der Waals surface area contributed by atoms with Gasteiger partial charge in [-0.25, -0.2) is 0 Å². The fraction of sp³-hybridized carbons (Fsp3) is 0.500. The average molecular weight is 317 g/mol. The van der Waals surface area contributed by atoms with Crippen LogP contribution >= 0.6 is 0 Å². The van der Waals surface area contributed by atoms with Crippen molar-refractivity contribution in [3.63, 3.8) is 0 Å². The minimum atomic E-state index is -4.72. The minimum absolute atomic E-state index is 0.195. The molecule has 1 fully saturated rings. The lowest BCUT2D eigenvalue weighted by molar-refractivity contribution is -0.274. The van der Waals surface area contributed by atoms with Gasteiger partial charge in [-0.2, -0.15) is 0 Å². The molecular weight excluding hydrogens is 299 g/mol. The Kier molecular flexibility index (Phi) is 5.25. The molecule has 1 aromatic rings. The third-order valence-electron chi connectivity index (χ3n) is 3.37. The molecule has 0 bridgehead atoms. The zero-order chi connectivity index (χ0) is 16.2. The molecule has 3 N–H and O–H groups in total. The maximum Gasteiger partial charge on any atom is 0.573 e. The summed E-state index contributed by atoms with van der Waals surface area (Å²) in [5, 5.41) is 2.64. The quantitative estimate of drug-likeness (QED) is 0.891. The number of carbonyl (C=O) groups is 1. The van der Waals surface area contributed by atoms with Gasteiger partial charge in [-0.1, -0.05) is 0 Å². The van der Waals surface area contributed by atoms with E-state index in [1.807, 2.05) is 4.90 Å². The SMILES string of the molecule is NC1CCN(CC(=O)Nc2ccc(OC(F)(F)F)cc2)CC1. The van der Waals surface area contributed by atoms with Crippen LogP contribution in [-0.2, 0) is 4.79 Å². The van der Waals surface area contributed by atoms with Crippen LogP contribution in [0.15, 0.2) is 24.3 Å². The lowest BCUT2D eigenvalue weighted by Crippen LogP contribution is -2.43. The number of rotatable bonds is 4. The van der Waals surface area contributed by atoms with Gasteiger partial charge in [0.2, 0.25) is 5.91 Å². The van der Waals surface area contributed by atoms with E-state index in [-0.39, 0.29) is 24.2 Å². The summed E-state index contributed by atoms with van der Waals surface area (Å²) in [4.78, 5) is 13.9. The van der Waals surface area contributed by atoms with Crippen LogP contribution in [0.2, 0.25) is 0 Å². The summed E-state index contributed by atoms with van der Waals surface area (Å²) in [6.45, 7) is 1.79. The van der Waals surface area contributed by atoms with E-state index in [2.05, 4.69) is 10.1 Å². The fourth-order valence-electron chi connectivity index (χ4n) is 2.25. The van der Waals surface area contributed by atoms with Crippen LogP contribution in [0.3, 0.4) is 0 Å². The molecule has 1 amide bonds. The first-order chi connectivity index (χ1) is 10.3. The van der Waals surface area contributed by atoms with Gasteiger partial charge in [-0.05, 0) is 37.1 Å². The van der Waals surface area contributed by atoms with Crippen LogP contribution in [0.4, 0.5) is 18.9 Å². The van der Waals surface area contributed by atoms with Gasteiger partial charge in [0.15, 0.2) is 0 Å². The van der Waals surface area contributed by atoms with Gasteiger partial charge in [-0.15, -0.1) is 13.2 Å². The summed E-state index contributed by atoms with van der Waals surface area (Å²) in [5.74, 6) is -0.532. The summed E-state index contributed by atoms with van der Waals surface area (Å²) in [6.07, 6.45) is -3.01. The number of hydrogen-bond donors (Lipinski definition) is 2. The lowest BCUT2D eigenvalue weighted by atomic mass is 10.1. The van der Waals surface area contributed by atoms with E-state index < -0.39 is 6.36 Å². The predicted molar refractivity (Wildman–Crippen MR) is 75.4 cm³/mol. The second-order valence-electron chi connectivity index (χ2n) is 5.23. The molecule has 1 aliphatic heterocycles. The Morgan fingerprint density at radius 2 is 1.86 bits per heavy atom. The van der Waals surface area contributed by atoms with Crippen molar-refractivity contribution < 1.29 is 22.7 Å². The molecule has 0 unspecified atom stereocenters. The van der Waals surface area contributed by atoms with Crippen LogP contribution in [0, 0.1) is 0 Å². The number of hydrogen-bond acceptors (Lipinski definition) is 4. The van der Waals surface area contributed by atoms with Gasteiger partial charge >= 0.3 is 6.36 Å². The van der Waals surface area contributed by atoms with Crippen LogP contribution < -0.4 is 15.8 Å². The Labute approximate surface area is 126 Å². The maximum absolute atomic E-state index is 12.0. The highest BCUT2D eigenvalue weighted by molar-refractivity contribution is 5.92. The van der Waals surface area contributed by atoms with Gasteiger partial charge in [0.05, 0.1) is 6.54 Å². The molecule has 1 aromatic carbocycles. The molecule has 2 rings (SSSR count). The largest absolute Gasteiger partial charge is 0.573 e. The Bertz CT molecular complexity index is 497. The number of carbonyl (C=O) groups excluding carboxylic acids is 1. The number of piperidine rings is 1. The van der Waals surface area contributed by atoms with E-state index in [9.17, 15) is 18.0 Å². The normalized spacial score (nSPS) is 17.3. The number of benzene rings is 1. The average Bonchev–Trinajstić information content (AvgIpc) is 2.42. The highest BCUT2D eigenvalue weighted by Gasteiger charge is 2.31. The van der Waals surface area contributed by atoms with Gasteiger partial charge in [0, 0.05) is 24.8 Å². The molecule has 22 heavy (non-hydrogen) atoms. The molecule has 5 nitrogen and oxygen atoms in total. The first kappa shape index (κ1) is 16.6. The van der Waals surface area contributed by atoms with Gasteiger partial charge < -0.3 is 15.8 Å². The van der Waals surface area contributed by atoms with Gasteiger partial charge in [0.25, 0.3) is 0 Å². The molecule has 0 atom stereocenters. The van der Waals surface area contributed by atoms with Crippen LogP contribution in [0.5, 0.6) is 5.75 Å². The first-order valence-electron chi connectivity index (χ1n) is 6.95. The van der Waals surface area contributed by atoms with Crippen molar-refractivity contribution in [3.8, 4) is 5.75 Å². The zero-order valence-corrected chi connectivity index (χ0v) is 11.9. The molecular formula is C14H18F3N3O2. The molecule has 0 radical (unpaired) electrons. The molecule has 0 spiro atoms. The number of likely N-dealkylation sites (tertiary alicyclic amines) is 1. The third kappa shape index (κ3) is 5.53. The Morgan fingerprint density at radius 1 is 1.27 bits per heavy atom. The number of amides is 1. The Hall–Kier alpha value is -1.80. The van der Waals surface area contributed by atoms with Crippen molar-refractivity contribution in [1.29, 1.82) is 0 Å². The van der Waals surface area contributed by atoms with E-state index in [1.165, 1.54) is 12.1 Å². The van der Waals surface area contributed by atoms with Crippen molar-refractivity contribution in [2.75, 3.05) is 25.0 Å². The summed E-state index contributed by atoms with van der Waals surface area (Å²) in [5.41, 5.74) is 6.21. The lowest BCUT2D eigenvalue weighted by Gasteiger charge is -2.29. The monoisotopic (exact) mass is 317 g/mol. The topological polar surface area (TPSA) is 67.6 Å². The van der Waals surface area contributed by atoms with Crippen LogP contribution in [0.1, 0.15) is 12.8 Å². The number of nitrogens with one attached hydrogen (secondary N) is 1. The number of alkyl halides is 3. The molecule has 0 saturated carbocycles. The van der Waals surface area contributed by atoms with E-state index in [0.29, 0.717) is 5.69 Å². The summed E-state index contributed by atoms with van der Waals surface area (Å²) in [7, 11) is 0. The molecule has 0 aromatic heterocycles. The predicted octanol–water partition coefficient (Wildman–Crippen LogP) is 1.95. The standard InChI is InChI=1S/C14H18F3N3O2/c15-14(16,17)22-12-3-1-11(2-4-12)19-13(21)9-20-7-5-10(18)6-8-20/h1-4,10H,5-9,18H2,(H,19,21). The molecule has 1 saturated heterocycles. The number of nitrogens with two attached hydrogens (primary N) is 1. The second kappa shape index (κ2) is 6.97. The Morgan fingerprint density at radius 3 is 2.41 bits per heavy atom.